The number of benzene rings is 2. The predicted octanol–water partition coefficient (Wildman–Crippen LogP) is 3.87. The van der Waals surface area contributed by atoms with Crippen LogP contribution in [0.15, 0.2) is 54.6 Å². The molecule has 33 heavy (non-hydrogen) atoms. The summed E-state index contributed by atoms with van der Waals surface area (Å²) in [5, 5.41) is 3.36. The van der Waals surface area contributed by atoms with Crippen molar-refractivity contribution in [3.8, 4) is 5.75 Å². The summed E-state index contributed by atoms with van der Waals surface area (Å²) >= 11 is 0. The van der Waals surface area contributed by atoms with Gasteiger partial charge < -0.3 is 10.1 Å². The van der Waals surface area contributed by atoms with Crippen LogP contribution in [-0.4, -0.2) is 32.5 Å². The Labute approximate surface area is 195 Å². The summed E-state index contributed by atoms with van der Waals surface area (Å²) in [5.74, 6) is 2.27. The monoisotopic (exact) mass is 466 g/mol. The highest BCUT2D eigenvalue weighted by Crippen LogP contribution is 2.55. The minimum absolute atomic E-state index is 0.00954. The highest BCUT2D eigenvalue weighted by atomic mass is 32.2. The molecule has 1 heterocycles. The molecule has 0 radical (unpaired) electrons. The lowest BCUT2D eigenvalue weighted by Crippen LogP contribution is -2.63. The van der Waals surface area contributed by atoms with Crippen molar-refractivity contribution in [2.24, 2.45) is 17.8 Å². The van der Waals surface area contributed by atoms with Crippen LogP contribution >= 0.6 is 0 Å². The number of fused-ring (bicyclic) bond motifs is 1. The molecule has 5 aliphatic rings. The molecule has 0 aromatic heterocycles. The van der Waals surface area contributed by atoms with Crippen LogP contribution in [0.1, 0.15) is 44.1 Å². The average molecular weight is 467 g/mol. The molecule has 1 N–H and O–H groups in total. The number of nitrogens with one attached hydrogen (secondary N) is 1. The predicted molar refractivity (Wildman–Crippen MR) is 126 cm³/mol. The molecule has 4 saturated carbocycles. The quantitative estimate of drug-likeness (QED) is 0.726. The second kappa shape index (κ2) is 7.76. The molecule has 4 bridgehead atoms. The number of hydrogen-bond donors (Lipinski definition) is 1. The van der Waals surface area contributed by atoms with Gasteiger partial charge in [-0.3, -0.25) is 9.10 Å². The smallest absolute Gasteiger partial charge is 0.263 e. The Morgan fingerprint density at radius 2 is 1.55 bits per heavy atom. The van der Waals surface area contributed by atoms with E-state index in [0.717, 1.165) is 24.8 Å². The van der Waals surface area contributed by atoms with Gasteiger partial charge in [0.2, 0.25) is 10.0 Å². The first-order valence-electron chi connectivity index (χ1n) is 12.0. The fraction of sp³-hybridized carbons (Fsp3) is 0.500. The topological polar surface area (TPSA) is 75.7 Å². The Morgan fingerprint density at radius 3 is 2.21 bits per heavy atom. The van der Waals surface area contributed by atoms with E-state index in [0.29, 0.717) is 29.2 Å². The molecule has 1 amide bonds. The van der Waals surface area contributed by atoms with Gasteiger partial charge in [0.25, 0.3) is 5.91 Å². The molecule has 6 nitrogen and oxygen atoms in total. The van der Waals surface area contributed by atoms with E-state index in [1.807, 2.05) is 18.2 Å². The number of rotatable bonds is 5. The van der Waals surface area contributed by atoms with Crippen molar-refractivity contribution in [3.05, 3.63) is 60.2 Å². The second-order valence-corrected chi connectivity index (χ2v) is 12.4. The Bertz CT molecular complexity index is 1130. The van der Waals surface area contributed by atoms with Crippen LogP contribution in [0.4, 0.5) is 5.69 Å². The zero-order valence-electron chi connectivity index (χ0n) is 18.7. The van der Waals surface area contributed by atoms with Crippen molar-refractivity contribution in [2.75, 3.05) is 10.8 Å². The van der Waals surface area contributed by atoms with Gasteiger partial charge in [0, 0.05) is 5.54 Å². The largest absolute Gasteiger partial charge is 0.476 e. The Morgan fingerprint density at radius 1 is 0.939 bits per heavy atom. The molecule has 4 fully saturated rings. The van der Waals surface area contributed by atoms with Crippen molar-refractivity contribution in [1.82, 2.24) is 5.32 Å². The lowest BCUT2D eigenvalue weighted by molar-refractivity contribution is -0.133. The van der Waals surface area contributed by atoms with E-state index in [4.69, 9.17) is 4.74 Å². The number of ether oxygens (including phenoxy) is 1. The number of nitrogens with zero attached hydrogens (tertiary/aromatic N) is 1. The standard InChI is InChI=1S/C26H30N2O4S/c29-25(27-26-13-19-10-20(14-26)12-21(11-19)15-26)24-16-28(22-8-4-5-9-23(22)32-24)33(30,31)17-18-6-2-1-3-7-18/h1-9,19-21,24H,10-17H2,(H,27,29)/t19?,20?,21?,24-,26?/m1/s1. The molecule has 7 rings (SSSR count). The summed E-state index contributed by atoms with van der Waals surface area (Å²) in [5.41, 5.74) is 1.07. The molecule has 2 aromatic rings. The van der Waals surface area contributed by atoms with E-state index >= 15 is 0 Å². The van der Waals surface area contributed by atoms with Gasteiger partial charge in [-0.2, -0.15) is 0 Å². The summed E-state index contributed by atoms with van der Waals surface area (Å²) in [4.78, 5) is 13.5. The Hall–Kier alpha value is -2.54. The van der Waals surface area contributed by atoms with Crippen molar-refractivity contribution in [3.63, 3.8) is 0 Å². The highest BCUT2D eigenvalue weighted by molar-refractivity contribution is 7.92. The number of para-hydroxylation sites is 2. The number of sulfonamides is 1. The van der Waals surface area contributed by atoms with E-state index in [-0.39, 0.29) is 23.7 Å². The fourth-order valence-corrected chi connectivity index (χ4v) is 8.65. The van der Waals surface area contributed by atoms with Crippen molar-refractivity contribution in [2.45, 2.75) is 55.9 Å². The third-order valence-electron chi connectivity index (χ3n) is 7.98. The van der Waals surface area contributed by atoms with Gasteiger partial charge in [-0.25, -0.2) is 8.42 Å². The van der Waals surface area contributed by atoms with Gasteiger partial charge in [0.1, 0.15) is 5.75 Å². The molecule has 4 aliphatic carbocycles. The Balaban J connectivity index is 1.25. The summed E-state index contributed by atoms with van der Waals surface area (Å²) in [6.45, 7) is -0.00954. The first-order chi connectivity index (χ1) is 15.9. The average Bonchev–Trinajstić information content (AvgIpc) is 2.77. The zero-order chi connectivity index (χ0) is 22.6. The van der Waals surface area contributed by atoms with E-state index in [1.54, 1.807) is 36.4 Å². The molecule has 0 spiro atoms. The maximum absolute atomic E-state index is 13.5. The molecule has 0 saturated heterocycles. The molecule has 7 heteroatoms. The second-order valence-electron chi connectivity index (χ2n) is 10.5. The van der Waals surface area contributed by atoms with Crippen molar-refractivity contribution >= 4 is 21.6 Å². The number of hydrogen-bond acceptors (Lipinski definition) is 4. The molecular formula is C26H30N2O4S. The van der Waals surface area contributed by atoms with Gasteiger partial charge in [-0.1, -0.05) is 42.5 Å². The van der Waals surface area contributed by atoms with Crippen LogP contribution in [0, 0.1) is 17.8 Å². The lowest BCUT2D eigenvalue weighted by atomic mass is 9.53. The van der Waals surface area contributed by atoms with Gasteiger partial charge in [-0.15, -0.1) is 0 Å². The third-order valence-corrected chi connectivity index (χ3v) is 9.70. The van der Waals surface area contributed by atoms with Gasteiger partial charge >= 0.3 is 0 Å². The molecular weight excluding hydrogens is 436 g/mol. The van der Waals surface area contributed by atoms with Crippen LogP contribution < -0.4 is 14.4 Å². The van der Waals surface area contributed by atoms with Crippen LogP contribution in [0.3, 0.4) is 0 Å². The minimum atomic E-state index is -3.70. The summed E-state index contributed by atoms with van der Waals surface area (Å²) in [6, 6.07) is 16.2. The van der Waals surface area contributed by atoms with Gasteiger partial charge in [0.05, 0.1) is 18.0 Å². The number of carbonyl (C=O) groups excluding carboxylic acids is 1. The van der Waals surface area contributed by atoms with Crippen LogP contribution in [0.2, 0.25) is 0 Å². The minimum Gasteiger partial charge on any atom is -0.476 e. The maximum Gasteiger partial charge on any atom is 0.263 e. The first-order valence-corrected chi connectivity index (χ1v) is 13.6. The van der Waals surface area contributed by atoms with E-state index in [1.165, 1.54) is 23.6 Å². The van der Waals surface area contributed by atoms with E-state index in [9.17, 15) is 13.2 Å². The number of amides is 1. The lowest BCUT2D eigenvalue weighted by Gasteiger charge is -2.57. The molecule has 1 atom stereocenters. The molecule has 1 aliphatic heterocycles. The van der Waals surface area contributed by atoms with Crippen LogP contribution in [0.25, 0.3) is 0 Å². The Kier molecular flexibility index (Phi) is 4.94. The summed E-state index contributed by atoms with van der Waals surface area (Å²) < 4.78 is 34.3. The summed E-state index contributed by atoms with van der Waals surface area (Å²) in [6.07, 6.45) is 6.17. The SMILES string of the molecule is O=C(NC12CC3CC(CC(C3)C1)C2)[C@H]1CN(S(=O)(=O)Cc2ccccc2)c2ccccc2O1. The molecule has 174 valence electrons. The third kappa shape index (κ3) is 3.90. The van der Waals surface area contributed by atoms with Crippen molar-refractivity contribution < 1.29 is 17.9 Å². The summed E-state index contributed by atoms with van der Waals surface area (Å²) in [7, 11) is -3.70. The van der Waals surface area contributed by atoms with Gasteiger partial charge in [-0.05, 0) is 74.0 Å². The first kappa shape index (κ1) is 21.0. The normalized spacial score (nSPS) is 32.2. The van der Waals surface area contributed by atoms with Crippen LogP contribution in [0.5, 0.6) is 5.75 Å². The maximum atomic E-state index is 13.5. The number of anilines is 1. The number of carbonyl (C=O) groups is 1. The van der Waals surface area contributed by atoms with Crippen molar-refractivity contribution in [1.29, 1.82) is 0 Å². The molecule has 2 aromatic carbocycles. The van der Waals surface area contributed by atoms with E-state index < -0.39 is 16.1 Å². The van der Waals surface area contributed by atoms with Crippen LogP contribution in [-0.2, 0) is 20.6 Å². The van der Waals surface area contributed by atoms with E-state index in [2.05, 4.69) is 5.32 Å². The highest BCUT2D eigenvalue weighted by Gasteiger charge is 2.52. The zero-order valence-corrected chi connectivity index (χ0v) is 19.5. The fourth-order valence-electron chi connectivity index (χ4n) is 7.07. The van der Waals surface area contributed by atoms with Gasteiger partial charge in [0.15, 0.2) is 6.10 Å². The molecule has 0 unspecified atom stereocenters.